The smallest absolute Gasteiger partial charge is 0.272 e. The number of carbonyl (C=O) groups excluding carboxylic acids is 1. The SMILES string of the molecule is CC1(C)CCCN(C(=O)c2cc(N)ccn2)CC1. The van der Waals surface area contributed by atoms with Crippen LogP contribution in [0, 0.1) is 5.41 Å². The summed E-state index contributed by atoms with van der Waals surface area (Å²) in [5.41, 5.74) is 7.06. The van der Waals surface area contributed by atoms with Crippen molar-refractivity contribution in [1.29, 1.82) is 0 Å². The summed E-state index contributed by atoms with van der Waals surface area (Å²) < 4.78 is 0. The molecule has 1 fully saturated rings. The molecule has 0 aliphatic carbocycles. The van der Waals surface area contributed by atoms with Gasteiger partial charge < -0.3 is 10.6 Å². The van der Waals surface area contributed by atoms with E-state index in [0.717, 1.165) is 25.9 Å². The van der Waals surface area contributed by atoms with E-state index in [0.29, 0.717) is 16.8 Å². The zero-order chi connectivity index (χ0) is 13.2. The van der Waals surface area contributed by atoms with Crippen molar-refractivity contribution < 1.29 is 4.79 Å². The summed E-state index contributed by atoms with van der Waals surface area (Å²) in [5.74, 6) is 0.000000000000000444. The van der Waals surface area contributed by atoms with Crippen molar-refractivity contribution in [3.63, 3.8) is 0 Å². The Morgan fingerprint density at radius 2 is 2.17 bits per heavy atom. The number of amides is 1. The summed E-state index contributed by atoms with van der Waals surface area (Å²) in [6.45, 7) is 6.15. The summed E-state index contributed by atoms with van der Waals surface area (Å²) >= 11 is 0. The first-order valence-electron chi connectivity index (χ1n) is 6.49. The van der Waals surface area contributed by atoms with Gasteiger partial charge in [-0.3, -0.25) is 9.78 Å². The highest BCUT2D eigenvalue weighted by molar-refractivity contribution is 5.93. The number of hydrogen-bond donors (Lipinski definition) is 1. The quantitative estimate of drug-likeness (QED) is 0.828. The van der Waals surface area contributed by atoms with Gasteiger partial charge in [0, 0.05) is 25.0 Å². The average molecular weight is 247 g/mol. The number of anilines is 1. The number of nitrogens with two attached hydrogens (primary N) is 1. The number of likely N-dealkylation sites (tertiary alicyclic amines) is 1. The topological polar surface area (TPSA) is 59.2 Å². The third-order valence-electron chi connectivity index (χ3n) is 3.63. The lowest BCUT2D eigenvalue weighted by Crippen LogP contribution is -2.33. The highest BCUT2D eigenvalue weighted by atomic mass is 16.2. The molecule has 1 aromatic heterocycles. The van der Waals surface area contributed by atoms with E-state index < -0.39 is 0 Å². The van der Waals surface area contributed by atoms with Crippen LogP contribution in [0.4, 0.5) is 5.69 Å². The van der Waals surface area contributed by atoms with Gasteiger partial charge in [0.1, 0.15) is 5.69 Å². The standard InChI is InChI=1S/C14H21N3O/c1-14(2)5-3-8-17(9-6-14)13(18)12-10-11(15)4-7-16-12/h4,7,10H,3,5-6,8-9H2,1-2H3,(H2,15,16). The van der Waals surface area contributed by atoms with E-state index in [2.05, 4.69) is 18.8 Å². The van der Waals surface area contributed by atoms with Crippen LogP contribution in [0.5, 0.6) is 0 Å². The Morgan fingerprint density at radius 3 is 2.89 bits per heavy atom. The summed E-state index contributed by atoms with van der Waals surface area (Å²) in [5, 5.41) is 0. The minimum absolute atomic E-state index is 0.000000000000000444. The molecule has 0 spiro atoms. The molecule has 0 saturated carbocycles. The lowest BCUT2D eigenvalue weighted by Gasteiger charge is -2.23. The molecule has 0 atom stereocenters. The first kappa shape index (κ1) is 12.9. The van der Waals surface area contributed by atoms with Crippen molar-refractivity contribution in [1.82, 2.24) is 9.88 Å². The average Bonchev–Trinajstić information content (AvgIpc) is 2.49. The van der Waals surface area contributed by atoms with Crippen LogP contribution in [0.2, 0.25) is 0 Å². The molecular formula is C14H21N3O. The van der Waals surface area contributed by atoms with Crippen LogP contribution < -0.4 is 5.73 Å². The van der Waals surface area contributed by atoms with Crippen LogP contribution >= 0.6 is 0 Å². The van der Waals surface area contributed by atoms with E-state index in [4.69, 9.17) is 5.73 Å². The highest BCUT2D eigenvalue weighted by Crippen LogP contribution is 2.30. The second-order valence-corrected chi connectivity index (χ2v) is 5.78. The van der Waals surface area contributed by atoms with E-state index >= 15 is 0 Å². The Morgan fingerprint density at radius 1 is 1.39 bits per heavy atom. The molecule has 2 N–H and O–H groups in total. The third kappa shape index (κ3) is 3.00. The van der Waals surface area contributed by atoms with Crippen molar-refractivity contribution in [2.75, 3.05) is 18.8 Å². The number of nitrogen functional groups attached to an aromatic ring is 1. The van der Waals surface area contributed by atoms with E-state index in [1.165, 1.54) is 6.42 Å². The maximum atomic E-state index is 12.3. The second kappa shape index (κ2) is 4.96. The van der Waals surface area contributed by atoms with Gasteiger partial charge in [-0.05, 0) is 36.8 Å². The van der Waals surface area contributed by atoms with Crippen LogP contribution in [0.1, 0.15) is 43.6 Å². The van der Waals surface area contributed by atoms with E-state index in [9.17, 15) is 4.79 Å². The molecule has 1 amide bonds. The molecule has 1 saturated heterocycles. The van der Waals surface area contributed by atoms with Crippen LogP contribution in [0.25, 0.3) is 0 Å². The Kier molecular flexibility index (Phi) is 3.55. The number of pyridine rings is 1. The minimum Gasteiger partial charge on any atom is -0.399 e. The Balaban J connectivity index is 2.10. The Bertz CT molecular complexity index is 442. The highest BCUT2D eigenvalue weighted by Gasteiger charge is 2.26. The predicted octanol–water partition coefficient (Wildman–Crippen LogP) is 2.32. The lowest BCUT2D eigenvalue weighted by molar-refractivity contribution is 0.0751. The number of aromatic nitrogens is 1. The fourth-order valence-corrected chi connectivity index (χ4v) is 2.35. The Labute approximate surface area is 108 Å². The van der Waals surface area contributed by atoms with Crippen molar-refractivity contribution in [2.45, 2.75) is 33.1 Å². The molecule has 4 heteroatoms. The molecule has 2 heterocycles. The number of nitrogens with zero attached hydrogens (tertiary/aromatic N) is 2. The van der Waals surface area contributed by atoms with Crippen molar-refractivity contribution in [3.05, 3.63) is 24.0 Å². The van der Waals surface area contributed by atoms with Crippen LogP contribution in [0.3, 0.4) is 0 Å². The molecular weight excluding hydrogens is 226 g/mol. The molecule has 0 bridgehead atoms. The monoisotopic (exact) mass is 247 g/mol. The normalized spacial score (nSPS) is 19.3. The van der Waals surface area contributed by atoms with Gasteiger partial charge in [-0.2, -0.15) is 0 Å². The van der Waals surface area contributed by atoms with Crippen LogP contribution in [-0.2, 0) is 0 Å². The number of rotatable bonds is 1. The summed E-state index contributed by atoms with van der Waals surface area (Å²) in [7, 11) is 0. The van der Waals surface area contributed by atoms with Crippen LogP contribution in [0.15, 0.2) is 18.3 Å². The Hall–Kier alpha value is -1.58. The molecule has 1 aliphatic heterocycles. The molecule has 1 aliphatic rings. The number of carbonyl (C=O) groups is 1. The molecule has 0 radical (unpaired) electrons. The van der Waals surface area contributed by atoms with Gasteiger partial charge in [0.15, 0.2) is 0 Å². The fourth-order valence-electron chi connectivity index (χ4n) is 2.35. The molecule has 98 valence electrons. The zero-order valence-electron chi connectivity index (χ0n) is 11.1. The first-order valence-corrected chi connectivity index (χ1v) is 6.49. The molecule has 4 nitrogen and oxygen atoms in total. The molecule has 1 aromatic rings. The largest absolute Gasteiger partial charge is 0.399 e. The van der Waals surface area contributed by atoms with E-state index in [1.807, 2.05) is 4.90 Å². The lowest BCUT2D eigenvalue weighted by atomic mass is 9.85. The summed E-state index contributed by atoms with van der Waals surface area (Å²) in [4.78, 5) is 18.3. The van der Waals surface area contributed by atoms with Crippen LogP contribution in [-0.4, -0.2) is 28.9 Å². The molecule has 18 heavy (non-hydrogen) atoms. The van der Waals surface area contributed by atoms with E-state index in [1.54, 1.807) is 18.3 Å². The van der Waals surface area contributed by atoms with Gasteiger partial charge in [-0.15, -0.1) is 0 Å². The van der Waals surface area contributed by atoms with Gasteiger partial charge in [-0.1, -0.05) is 13.8 Å². The predicted molar refractivity (Wildman–Crippen MR) is 72.2 cm³/mol. The van der Waals surface area contributed by atoms with Crippen molar-refractivity contribution >= 4 is 11.6 Å². The van der Waals surface area contributed by atoms with Gasteiger partial charge in [0.2, 0.25) is 0 Å². The van der Waals surface area contributed by atoms with E-state index in [-0.39, 0.29) is 5.91 Å². The maximum Gasteiger partial charge on any atom is 0.272 e. The van der Waals surface area contributed by atoms with Gasteiger partial charge in [-0.25, -0.2) is 0 Å². The fraction of sp³-hybridized carbons (Fsp3) is 0.571. The summed E-state index contributed by atoms with van der Waals surface area (Å²) in [6, 6.07) is 3.35. The number of hydrogen-bond acceptors (Lipinski definition) is 3. The third-order valence-corrected chi connectivity index (χ3v) is 3.63. The molecule has 2 rings (SSSR count). The van der Waals surface area contributed by atoms with Gasteiger partial charge in [0.25, 0.3) is 5.91 Å². The summed E-state index contributed by atoms with van der Waals surface area (Å²) in [6.07, 6.45) is 4.85. The second-order valence-electron chi connectivity index (χ2n) is 5.78. The molecule has 0 aromatic carbocycles. The minimum atomic E-state index is 0.000000000000000444. The van der Waals surface area contributed by atoms with Gasteiger partial charge >= 0.3 is 0 Å². The molecule has 0 unspecified atom stereocenters. The van der Waals surface area contributed by atoms with Crippen molar-refractivity contribution in [2.24, 2.45) is 5.41 Å². The zero-order valence-corrected chi connectivity index (χ0v) is 11.1. The van der Waals surface area contributed by atoms with Crippen molar-refractivity contribution in [3.8, 4) is 0 Å². The van der Waals surface area contributed by atoms with Gasteiger partial charge in [0.05, 0.1) is 0 Å². The maximum absolute atomic E-state index is 12.3. The first-order chi connectivity index (χ1) is 8.48.